The molecule has 404 valence electrons. The molecule has 76 heavy (non-hydrogen) atoms. The summed E-state index contributed by atoms with van der Waals surface area (Å²) in [5.74, 6) is 8.74. The van der Waals surface area contributed by atoms with Crippen molar-refractivity contribution in [1.29, 1.82) is 0 Å². The largest absolute Gasteiger partial charge is 0.388 e. The van der Waals surface area contributed by atoms with Gasteiger partial charge in [0.25, 0.3) is 23.6 Å². The van der Waals surface area contributed by atoms with Gasteiger partial charge in [-0.2, -0.15) is 0 Å². The molecule has 4 N–H and O–H groups in total. The van der Waals surface area contributed by atoms with Crippen LogP contribution in [0.2, 0.25) is 0 Å². The SMILES string of the molecule is CC[C@@H](O)c1ccc(C#Cc2ccc(C(=O)N(C)[C@](C)(C(=O)CO)C(=O)NC)cc2)cc1.CC[C@@H](OC1CCCCO1)c1ccc(C#Cc2ccc(C(=O)N(C)[C@](C)(C(=O)COC3CCCCO3)C(=O)NC)cc2)cc1. The van der Waals surface area contributed by atoms with Crippen molar-refractivity contribution in [3.05, 3.63) is 142 Å². The van der Waals surface area contributed by atoms with E-state index in [1.165, 1.54) is 42.0 Å². The molecule has 0 radical (unpaired) electrons. The molecule has 4 aromatic carbocycles. The van der Waals surface area contributed by atoms with Crippen molar-refractivity contribution < 1.29 is 57.9 Å². The third-order valence-corrected chi connectivity index (χ3v) is 13.8. The second-order valence-corrected chi connectivity index (χ2v) is 18.8. The number of amides is 4. The maximum atomic E-state index is 13.4. The summed E-state index contributed by atoms with van der Waals surface area (Å²) in [6.45, 7) is 6.86. The smallest absolute Gasteiger partial charge is 0.254 e. The summed E-state index contributed by atoms with van der Waals surface area (Å²) in [6, 6.07) is 28.6. The average Bonchev–Trinajstić information content (AvgIpc) is 3.48. The fourth-order valence-electron chi connectivity index (χ4n) is 8.42. The topological polar surface area (TPSA) is 210 Å². The molecule has 16 nitrogen and oxygen atoms in total. The highest BCUT2D eigenvalue weighted by atomic mass is 16.7. The number of Topliss-reactive ketones (excluding diaryl/α,β-unsaturated/α-hetero) is 2. The van der Waals surface area contributed by atoms with Gasteiger partial charge in [-0.3, -0.25) is 28.8 Å². The Kier molecular flexibility index (Phi) is 22.6. The van der Waals surface area contributed by atoms with Gasteiger partial charge in [0, 0.05) is 74.8 Å². The van der Waals surface area contributed by atoms with Crippen molar-refractivity contribution in [2.45, 2.75) is 115 Å². The van der Waals surface area contributed by atoms with Gasteiger partial charge in [0.1, 0.15) is 13.2 Å². The van der Waals surface area contributed by atoms with E-state index < -0.39 is 65.3 Å². The molecule has 4 amide bonds. The average molecular weight is 1040 g/mol. The Morgan fingerprint density at radius 2 is 1.00 bits per heavy atom. The fourth-order valence-corrected chi connectivity index (χ4v) is 8.42. The predicted octanol–water partition coefficient (Wildman–Crippen LogP) is 6.44. The van der Waals surface area contributed by atoms with E-state index in [0.717, 1.165) is 82.7 Å². The first-order valence-corrected chi connectivity index (χ1v) is 25.7. The number of likely N-dealkylation sites (N-methyl/N-ethyl adjacent to an activating group) is 4. The molecule has 6 atom stereocenters. The molecule has 16 heteroatoms. The lowest BCUT2D eigenvalue weighted by Gasteiger charge is -2.36. The van der Waals surface area contributed by atoms with E-state index in [0.29, 0.717) is 30.6 Å². The van der Waals surface area contributed by atoms with Gasteiger partial charge in [0.05, 0.1) is 12.2 Å². The van der Waals surface area contributed by atoms with Gasteiger partial charge in [-0.25, -0.2) is 0 Å². The lowest BCUT2D eigenvalue weighted by Crippen LogP contribution is -2.62. The molecule has 0 aromatic heterocycles. The lowest BCUT2D eigenvalue weighted by atomic mass is 9.92. The molecular formula is C60H72N4O12. The van der Waals surface area contributed by atoms with Gasteiger partial charge in [-0.1, -0.05) is 61.8 Å². The zero-order valence-corrected chi connectivity index (χ0v) is 44.9. The van der Waals surface area contributed by atoms with E-state index in [4.69, 9.17) is 18.9 Å². The molecule has 2 saturated heterocycles. The number of nitrogens with zero attached hydrogens (tertiary/aromatic N) is 2. The van der Waals surface area contributed by atoms with Crippen LogP contribution in [-0.2, 0) is 38.1 Å². The van der Waals surface area contributed by atoms with Crippen molar-refractivity contribution in [2.75, 3.05) is 54.6 Å². The number of ether oxygens (including phenoxy) is 4. The van der Waals surface area contributed by atoms with Gasteiger partial charge in [0.2, 0.25) is 0 Å². The number of ketones is 2. The van der Waals surface area contributed by atoms with Crippen molar-refractivity contribution in [3.63, 3.8) is 0 Å². The number of benzene rings is 4. The van der Waals surface area contributed by atoms with Crippen molar-refractivity contribution >= 4 is 35.2 Å². The maximum Gasteiger partial charge on any atom is 0.254 e. The summed E-state index contributed by atoms with van der Waals surface area (Å²) in [5.41, 5.74) is 1.99. The highest BCUT2D eigenvalue weighted by Crippen LogP contribution is 2.28. The highest BCUT2D eigenvalue weighted by Gasteiger charge is 2.47. The molecule has 2 unspecified atom stereocenters. The summed E-state index contributed by atoms with van der Waals surface area (Å²) in [4.78, 5) is 79.2. The maximum absolute atomic E-state index is 13.4. The standard InChI is InChI=1S/C35H44N2O7.C25H28N2O5/c1-5-29(44-32-11-7-9-23-42-32)27-18-14-25(15-19-27)12-13-26-16-20-28(21-17-26)33(39)37(4)35(2,34(40)36-3)30(38)24-43-31-10-6-8-22-41-31;1-5-21(29)19-12-8-17(9-13-19)6-7-18-10-14-20(15-11-18)23(31)27(4)25(2,22(30)16-28)24(32)26-3/h14-21,29,31-32H,5-11,22-24H2,1-4H3,(H,36,40);8-15,21,28-29H,5,16H2,1-4H3,(H,26,32)/t29-,31?,32?,35-;21-,25-/m11/s1. The first-order valence-electron chi connectivity index (χ1n) is 25.7. The number of aliphatic hydroxyl groups excluding tert-OH is 2. The number of carbonyl (C=O) groups is 6. The van der Waals surface area contributed by atoms with Crippen LogP contribution in [0, 0.1) is 23.7 Å². The minimum Gasteiger partial charge on any atom is -0.388 e. The highest BCUT2D eigenvalue weighted by molar-refractivity contribution is 6.15. The second-order valence-electron chi connectivity index (χ2n) is 18.8. The molecule has 0 aliphatic carbocycles. The molecule has 0 spiro atoms. The molecule has 0 bridgehead atoms. The number of hydrogen-bond donors (Lipinski definition) is 4. The van der Waals surface area contributed by atoms with Crippen LogP contribution >= 0.6 is 0 Å². The first kappa shape index (κ1) is 59.9. The van der Waals surface area contributed by atoms with E-state index in [1.54, 1.807) is 48.5 Å². The predicted molar refractivity (Wildman–Crippen MR) is 286 cm³/mol. The van der Waals surface area contributed by atoms with Gasteiger partial charge in [-0.15, -0.1) is 0 Å². The van der Waals surface area contributed by atoms with E-state index in [1.807, 2.05) is 55.5 Å². The second kappa shape index (κ2) is 28.8. The number of aliphatic hydroxyl groups is 2. The zero-order chi connectivity index (χ0) is 55.4. The van der Waals surface area contributed by atoms with Crippen LogP contribution in [0.3, 0.4) is 0 Å². The molecule has 2 heterocycles. The Bertz CT molecular complexity index is 2710. The molecule has 2 aliphatic rings. The minimum atomic E-state index is -1.84. The van der Waals surface area contributed by atoms with Crippen LogP contribution in [0.25, 0.3) is 0 Å². The Morgan fingerprint density at radius 1 is 0.605 bits per heavy atom. The van der Waals surface area contributed by atoms with E-state index in [9.17, 15) is 39.0 Å². The van der Waals surface area contributed by atoms with Crippen LogP contribution < -0.4 is 10.6 Å². The molecule has 6 rings (SSSR count). The Hall–Kier alpha value is -7.02. The molecule has 0 saturated carbocycles. The Labute approximate surface area is 446 Å². The van der Waals surface area contributed by atoms with E-state index in [-0.39, 0.29) is 24.6 Å². The normalized spacial score (nSPS) is 17.3. The van der Waals surface area contributed by atoms with Crippen LogP contribution in [0.15, 0.2) is 97.1 Å². The Balaban J connectivity index is 0.000000296. The van der Waals surface area contributed by atoms with E-state index in [2.05, 4.69) is 41.2 Å². The summed E-state index contributed by atoms with van der Waals surface area (Å²) >= 11 is 0. The summed E-state index contributed by atoms with van der Waals surface area (Å²) < 4.78 is 23.1. The minimum absolute atomic E-state index is 0.0256. The summed E-state index contributed by atoms with van der Waals surface area (Å²) in [6.07, 6.45) is 6.07. The monoisotopic (exact) mass is 1040 g/mol. The molecule has 2 fully saturated rings. The van der Waals surface area contributed by atoms with Gasteiger partial charge < -0.3 is 49.6 Å². The van der Waals surface area contributed by atoms with Crippen LogP contribution in [0.1, 0.15) is 145 Å². The quantitative estimate of drug-likeness (QED) is 0.0627. The van der Waals surface area contributed by atoms with Crippen LogP contribution in [-0.4, -0.2) is 133 Å². The molecular weight excluding hydrogens is 969 g/mol. The lowest BCUT2D eigenvalue weighted by molar-refractivity contribution is -0.190. The van der Waals surface area contributed by atoms with Crippen molar-refractivity contribution in [3.8, 4) is 23.7 Å². The molecule has 4 aromatic rings. The Morgan fingerprint density at radius 3 is 1.37 bits per heavy atom. The number of carbonyl (C=O) groups excluding carboxylic acids is 6. The van der Waals surface area contributed by atoms with Crippen molar-refractivity contribution in [2.24, 2.45) is 0 Å². The number of nitrogens with one attached hydrogen (secondary N) is 2. The number of hydrogen-bond acceptors (Lipinski definition) is 12. The fraction of sp³-hybridized carbons (Fsp3) is 0.433. The van der Waals surface area contributed by atoms with Crippen LogP contribution in [0.5, 0.6) is 0 Å². The number of rotatable bonds is 18. The summed E-state index contributed by atoms with van der Waals surface area (Å²) in [7, 11) is 5.58. The van der Waals surface area contributed by atoms with Crippen molar-refractivity contribution in [1.82, 2.24) is 20.4 Å². The summed E-state index contributed by atoms with van der Waals surface area (Å²) in [5, 5.41) is 24.0. The third-order valence-electron chi connectivity index (χ3n) is 13.8. The van der Waals surface area contributed by atoms with Gasteiger partial charge in [0.15, 0.2) is 35.2 Å². The third kappa shape index (κ3) is 15.3. The van der Waals surface area contributed by atoms with Crippen LogP contribution in [0.4, 0.5) is 0 Å². The van der Waals surface area contributed by atoms with Gasteiger partial charge >= 0.3 is 0 Å². The zero-order valence-electron chi connectivity index (χ0n) is 44.9. The van der Waals surface area contributed by atoms with Gasteiger partial charge in [-0.05, 0) is 149 Å². The first-order chi connectivity index (χ1) is 36.4. The molecule has 2 aliphatic heterocycles. The van der Waals surface area contributed by atoms with E-state index >= 15 is 0 Å².